The number of hydrogen-bond acceptors (Lipinski definition) is 6. The number of nitrogens with one attached hydrogen (secondary N) is 1. The van der Waals surface area contributed by atoms with E-state index in [0.717, 1.165) is 87.8 Å². The fraction of sp³-hybridized carbons (Fsp3) is 0.556. The Labute approximate surface area is 207 Å². The van der Waals surface area contributed by atoms with E-state index in [0.29, 0.717) is 0 Å². The second-order valence-corrected chi connectivity index (χ2v) is 9.99. The maximum atomic E-state index is 12.8. The topological polar surface area (TPSA) is 79.2 Å². The van der Waals surface area contributed by atoms with Crippen molar-refractivity contribution in [2.75, 3.05) is 38.1 Å². The van der Waals surface area contributed by atoms with Crippen molar-refractivity contribution in [1.82, 2.24) is 29.7 Å². The Morgan fingerprint density at radius 1 is 1.09 bits per heavy atom. The molecule has 0 spiro atoms. The van der Waals surface area contributed by atoms with Crippen LogP contribution in [0.25, 0.3) is 11.2 Å². The van der Waals surface area contributed by atoms with Gasteiger partial charge in [-0.2, -0.15) is 0 Å². The van der Waals surface area contributed by atoms with Crippen molar-refractivity contribution in [1.29, 1.82) is 0 Å². The Morgan fingerprint density at radius 3 is 2.74 bits per heavy atom. The lowest BCUT2D eigenvalue weighted by Gasteiger charge is -2.32. The van der Waals surface area contributed by atoms with Gasteiger partial charge in [-0.3, -0.25) is 4.79 Å². The molecule has 8 nitrogen and oxygen atoms in total. The zero-order valence-electron chi connectivity index (χ0n) is 20.8. The molecule has 35 heavy (non-hydrogen) atoms. The van der Waals surface area contributed by atoms with E-state index in [1.54, 1.807) is 6.33 Å². The van der Waals surface area contributed by atoms with Crippen LogP contribution >= 0.6 is 0 Å². The van der Waals surface area contributed by atoms with Crippen molar-refractivity contribution in [3.05, 3.63) is 48.0 Å². The van der Waals surface area contributed by atoms with E-state index in [2.05, 4.69) is 61.0 Å². The zero-order valence-corrected chi connectivity index (χ0v) is 20.8. The van der Waals surface area contributed by atoms with E-state index >= 15 is 0 Å². The summed E-state index contributed by atoms with van der Waals surface area (Å²) in [7, 11) is 2.13. The van der Waals surface area contributed by atoms with Gasteiger partial charge in [0.2, 0.25) is 5.91 Å². The Hall–Kier alpha value is -3.00. The Bertz CT molecular complexity index is 1120. The lowest BCUT2D eigenvalue weighted by atomic mass is 9.96. The molecule has 0 radical (unpaired) electrons. The molecule has 8 heteroatoms. The number of hydrogen-bond donors (Lipinski definition) is 1. The number of piperidine rings is 1. The number of carbonyl (C=O) groups excluding carboxylic acids is 1. The van der Waals surface area contributed by atoms with Gasteiger partial charge in [0.05, 0.1) is 0 Å². The summed E-state index contributed by atoms with van der Waals surface area (Å²) in [6, 6.07) is 10.5. The molecule has 186 valence electrons. The van der Waals surface area contributed by atoms with Crippen LogP contribution in [-0.4, -0.2) is 63.6 Å². The van der Waals surface area contributed by atoms with Gasteiger partial charge in [-0.05, 0) is 51.3 Å². The van der Waals surface area contributed by atoms with Crippen LogP contribution in [-0.2, 0) is 24.3 Å². The highest BCUT2D eigenvalue weighted by molar-refractivity contribution is 5.84. The minimum atomic E-state index is 0.0735. The maximum Gasteiger partial charge on any atom is 0.223 e. The molecule has 1 aromatic carbocycles. The first-order chi connectivity index (χ1) is 17.2. The van der Waals surface area contributed by atoms with Crippen LogP contribution in [0.2, 0.25) is 0 Å². The SMILES string of the molecule is CN(CCCNC(=O)C1CCN(c2ncnc3c2nc2n3CCCCC2)CC1)Cc1ccccc1. The molecular formula is C27H37N7O. The standard InChI is InChI=1S/C27H37N7O/c1-32(19-21-9-4-2-5-10-21)15-8-14-28-27(35)22-12-17-33(18-13-22)25-24-26(30-20-29-25)34-16-7-3-6-11-23(34)31-24/h2,4-5,9-10,20,22H,3,6-8,11-19H2,1H3,(H,28,35). The van der Waals surface area contributed by atoms with E-state index in [9.17, 15) is 4.79 Å². The van der Waals surface area contributed by atoms with Gasteiger partial charge < -0.3 is 19.7 Å². The van der Waals surface area contributed by atoms with E-state index in [1.807, 2.05) is 6.07 Å². The number of imidazole rings is 1. The monoisotopic (exact) mass is 475 g/mol. The molecule has 1 N–H and O–H groups in total. The number of nitrogens with zero attached hydrogens (tertiary/aromatic N) is 6. The summed E-state index contributed by atoms with van der Waals surface area (Å²) in [5.41, 5.74) is 3.20. The van der Waals surface area contributed by atoms with Gasteiger partial charge in [0.1, 0.15) is 12.2 Å². The first-order valence-electron chi connectivity index (χ1n) is 13.1. The summed E-state index contributed by atoms with van der Waals surface area (Å²) < 4.78 is 2.28. The Balaban J connectivity index is 1.09. The molecule has 2 aliphatic heterocycles. The third-order valence-corrected chi connectivity index (χ3v) is 7.35. The summed E-state index contributed by atoms with van der Waals surface area (Å²) in [6.07, 6.45) is 8.96. The summed E-state index contributed by atoms with van der Waals surface area (Å²) in [4.78, 5) is 31.5. The second-order valence-electron chi connectivity index (χ2n) is 9.99. The molecule has 3 aromatic rings. The first kappa shape index (κ1) is 23.7. The number of aromatic nitrogens is 4. The minimum Gasteiger partial charge on any atom is -0.356 e. The van der Waals surface area contributed by atoms with E-state index in [4.69, 9.17) is 4.98 Å². The number of aryl methyl sites for hydroxylation is 2. The predicted octanol–water partition coefficient (Wildman–Crippen LogP) is 3.41. The molecule has 5 rings (SSSR count). The number of amides is 1. The quantitative estimate of drug-likeness (QED) is 0.503. The van der Waals surface area contributed by atoms with Crippen LogP contribution in [0.5, 0.6) is 0 Å². The Kier molecular flexibility index (Phi) is 7.57. The average Bonchev–Trinajstić information content (AvgIpc) is 3.08. The summed E-state index contributed by atoms with van der Waals surface area (Å²) >= 11 is 0. The zero-order chi connectivity index (χ0) is 24.0. The molecule has 2 aliphatic rings. The van der Waals surface area contributed by atoms with Crippen LogP contribution in [0.1, 0.15) is 49.9 Å². The van der Waals surface area contributed by atoms with E-state index in [1.165, 1.54) is 24.8 Å². The van der Waals surface area contributed by atoms with Gasteiger partial charge in [-0.1, -0.05) is 36.8 Å². The van der Waals surface area contributed by atoms with E-state index < -0.39 is 0 Å². The fourth-order valence-electron chi connectivity index (χ4n) is 5.39. The van der Waals surface area contributed by atoms with Crippen molar-refractivity contribution in [2.45, 2.75) is 58.0 Å². The number of anilines is 1. The van der Waals surface area contributed by atoms with Gasteiger partial charge in [-0.15, -0.1) is 0 Å². The second kappa shape index (κ2) is 11.2. The number of carbonyl (C=O) groups is 1. The van der Waals surface area contributed by atoms with Gasteiger partial charge in [0.15, 0.2) is 17.0 Å². The molecule has 0 bridgehead atoms. The smallest absolute Gasteiger partial charge is 0.223 e. The summed E-state index contributed by atoms with van der Waals surface area (Å²) in [6.45, 7) is 5.27. The summed E-state index contributed by atoms with van der Waals surface area (Å²) in [5, 5.41) is 3.17. The highest BCUT2D eigenvalue weighted by Gasteiger charge is 2.28. The first-order valence-corrected chi connectivity index (χ1v) is 13.1. The lowest BCUT2D eigenvalue weighted by molar-refractivity contribution is -0.125. The van der Waals surface area contributed by atoms with Crippen molar-refractivity contribution in [3.8, 4) is 0 Å². The normalized spacial score (nSPS) is 16.9. The van der Waals surface area contributed by atoms with Crippen molar-refractivity contribution in [3.63, 3.8) is 0 Å². The maximum absolute atomic E-state index is 12.8. The number of rotatable bonds is 8. The van der Waals surface area contributed by atoms with Crippen LogP contribution in [0.3, 0.4) is 0 Å². The minimum absolute atomic E-state index is 0.0735. The van der Waals surface area contributed by atoms with Crippen LogP contribution in [0.4, 0.5) is 5.82 Å². The number of fused-ring (bicyclic) bond motifs is 3. The molecule has 4 heterocycles. The molecule has 2 aromatic heterocycles. The molecular weight excluding hydrogens is 438 g/mol. The Morgan fingerprint density at radius 2 is 1.91 bits per heavy atom. The van der Waals surface area contributed by atoms with Crippen LogP contribution in [0.15, 0.2) is 36.7 Å². The molecule has 0 atom stereocenters. The lowest BCUT2D eigenvalue weighted by Crippen LogP contribution is -2.41. The molecule has 1 saturated heterocycles. The molecule has 1 amide bonds. The van der Waals surface area contributed by atoms with Gasteiger partial charge in [0, 0.05) is 45.1 Å². The number of benzene rings is 1. The molecule has 0 unspecified atom stereocenters. The van der Waals surface area contributed by atoms with Gasteiger partial charge >= 0.3 is 0 Å². The largest absolute Gasteiger partial charge is 0.356 e. The third-order valence-electron chi connectivity index (χ3n) is 7.35. The summed E-state index contributed by atoms with van der Waals surface area (Å²) in [5.74, 6) is 2.33. The highest BCUT2D eigenvalue weighted by atomic mass is 16.1. The van der Waals surface area contributed by atoms with Gasteiger partial charge in [0.25, 0.3) is 0 Å². The van der Waals surface area contributed by atoms with E-state index in [-0.39, 0.29) is 11.8 Å². The van der Waals surface area contributed by atoms with Crippen molar-refractivity contribution in [2.24, 2.45) is 5.92 Å². The molecule has 0 saturated carbocycles. The van der Waals surface area contributed by atoms with Crippen LogP contribution < -0.4 is 10.2 Å². The molecule has 1 fully saturated rings. The third kappa shape index (κ3) is 5.64. The van der Waals surface area contributed by atoms with Crippen molar-refractivity contribution >= 4 is 22.9 Å². The highest BCUT2D eigenvalue weighted by Crippen LogP contribution is 2.29. The predicted molar refractivity (Wildman–Crippen MR) is 138 cm³/mol. The van der Waals surface area contributed by atoms with Crippen LogP contribution in [0, 0.1) is 5.92 Å². The average molecular weight is 476 g/mol. The van der Waals surface area contributed by atoms with Crippen molar-refractivity contribution < 1.29 is 4.79 Å². The fourth-order valence-corrected chi connectivity index (χ4v) is 5.39. The molecule has 0 aliphatic carbocycles. The van der Waals surface area contributed by atoms with Gasteiger partial charge in [-0.25, -0.2) is 15.0 Å².